The maximum atomic E-state index is 14.5. The van der Waals surface area contributed by atoms with Crippen LogP contribution in [-0.4, -0.2) is 84.4 Å². The van der Waals surface area contributed by atoms with Crippen LogP contribution in [0.3, 0.4) is 0 Å². The Hall–Kier alpha value is -3.38. The molecule has 47 heavy (non-hydrogen) atoms. The van der Waals surface area contributed by atoms with Gasteiger partial charge in [0.15, 0.2) is 0 Å². The first-order valence-electron chi connectivity index (χ1n) is 17.5. The lowest BCUT2D eigenvalue weighted by molar-refractivity contribution is -0.144. The average molecular weight is 661 g/mol. The number of ether oxygens (including phenoxy) is 1. The van der Waals surface area contributed by atoms with Crippen LogP contribution < -0.4 is 27.0 Å². The van der Waals surface area contributed by atoms with E-state index in [-0.39, 0.29) is 41.6 Å². The van der Waals surface area contributed by atoms with Crippen LogP contribution in [0.25, 0.3) is 0 Å². The van der Waals surface area contributed by atoms with Gasteiger partial charge < -0.3 is 36.6 Å². The lowest BCUT2D eigenvalue weighted by Gasteiger charge is -2.38. The van der Waals surface area contributed by atoms with Crippen molar-refractivity contribution in [1.29, 1.82) is 0 Å². The highest BCUT2D eigenvalue weighted by Gasteiger charge is 2.69. The summed E-state index contributed by atoms with van der Waals surface area (Å²) in [4.78, 5) is 80.2. The molecule has 3 unspecified atom stereocenters. The SMILES string of the molecule is CCNC(=O)OC[C@@H](NC(=O)N[C@H](C(=O)N1CC2C([C@H]1C(=O)NC(CC1CCC1)C(=O)C(N)=O)C2(C)C)C1CCCCC1)C(C)(C)C. The molecule has 4 aliphatic rings. The normalized spacial score (nSPS) is 25.7. The van der Waals surface area contributed by atoms with Crippen molar-refractivity contribution < 1.29 is 33.5 Å². The van der Waals surface area contributed by atoms with Crippen molar-refractivity contribution >= 4 is 35.6 Å². The van der Waals surface area contributed by atoms with Crippen LogP contribution >= 0.6 is 0 Å². The number of hydrogen-bond acceptors (Lipinski definition) is 7. The summed E-state index contributed by atoms with van der Waals surface area (Å²) in [6, 6.07) is -3.82. The topological polar surface area (TPSA) is 189 Å². The van der Waals surface area contributed by atoms with Crippen LogP contribution in [-0.2, 0) is 23.9 Å². The number of nitrogens with two attached hydrogens (primary N) is 1. The standard InChI is InChI=1S/C34H56N6O7/c1-7-36-32(46)47-18-23(33(2,3)4)38-31(45)39-25(20-14-9-8-10-15-20)30(44)40-17-21-24(34(21,5)6)26(40)29(43)37-22(27(41)28(35)42)16-19-12-11-13-19/h19-26H,7-18H2,1-6H3,(H2,35,42)(H,36,46)(H,37,43)(H2,38,39,45)/t21?,22?,23-,24?,25+,26+/m1/s1. The number of alkyl carbamates (subject to hydrolysis) is 1. The summed E-state index contributed by atoms with van der Waals surface area (Å²) in [5.74, 6) is -2.59. The quantitative estimate of drug-likeness (QED) is 0.188. The van der Waals surface area contributed by atoms with Crippen molar-refractivity contribution in [2.24, 2.45) is 40.2 Å². The number of rotatable bonds is 13. The number of Topliss-reactive ketones (excluding diaryl/α,β-unsaturated/α-hetero) is 1. The van der Waals surface area contributed by atoms with Gasteiger partial charge in [-0.1, -0.05) is 73.1 Å². The van der Waals surface area contributed by atoms with Gasteiger partial charge in [-0.2, -0.15) is 0 Å². The Morgan fingerprint density at radius 2 is 1.60 bits per heavy atom. The second-order valence-corrected chi connectivity index (χ2v) is 15.8. The molecule has 0 spiro atoms. The lowest BCUT2D eigenvalue weighted by Crippen LogP contribution is -2.61. The van der Waals surface area contributed by atoms with E-state index < -0.39 is 59.3 Å². The second kappa shape index (κ2) is 14.8. The summed E-state index contributed by atoms with van der Waals surface area (Å²) < 4.78 is 5.33. The van der Waals surface area contributed by atoms with E-state index in [0.717, 1.165) is 51.4 Å². The summed E-state index contributed by atoms with van der Waals surface area (Å²) in [5.41, 5.74) is 4.72. The fourth-order valence-electron chi connectivity index (χ4n) is 7.77. The Kier molecular flexibility index (Phi) is 11.5. The number of fused-ring (bicyclic) bond motifs is 1. The summed E-state index contributed by atoms with van der Waals surface area (Å²) in [5, 5.41) is 11.3. The first-order chi connectivity index (χ1) is 22.1. The molecular weight excluding hydrogens is 604 g/mol. The first-order valence-corrected chi connectivity index (χ1v) is 17.5. The van der Waals surface area contributed by atoms with Crippen LogP contribution in [0.2, 0.25) is 0 Å². The van der Waals surface area contributed by atoms with Crippen molar-refractivity contribution in [2.75, 3.05) is 19.7 Å². The third-order valence-corrected chi connectivity index (χ3v) is 11.2. The summed E-state index contributed by atoms with van der Waals surface area (Å²) >= 11 is 0. The summed E-state index contributed by atoms with van der Waals surface area (Å²) in [6.45, 7) is 12.4. The van der Waals surface area contributed by atoms with E-state index in [9.17, 15) is 28.8 Å². The van der Waals surface area contributed by atoms with Crippen molar-refractivity contribution in [3.05, 3.63) is 0 Å². The van der Waals surface area contributed by atoms with Gasteiger partial charge in [-0.3, -0.25) is 19.2 Å². The Bertz CT molecular complexity index is 1210. The molecule has 1 aliphatic heterocycles. The number of nitrogens with zero attached hydrogens (tertiary/aromatic N) is 1. The number of urea groups is 1. The molecule has 4 fully saturated rings. The number of carbonyl (C=O) groups is 6. The summed E-state index contributed by atoms with van der Waals surface area (Å²) in [6.07, 6.45) is 7.10. The largest absolute Gasteiger partial charge is 0.447 e. The molecule has 0 aromatic carbocycles. The molecule has 1 heterocycles. The zero-order valence-corrected chi connectivity index (χ0v) is 29.0. The number of nitrogens with one attached hydrogen (secondary N) is 4. The minimum absolute atomic E-state index is 0.0519. The van der Waals surface area contributed by atoms with E-state index in [1.54, 1.807) is 11.8 Å². The molecule has 264 valence electrons. The molecule has 6 N–H and O–H groups in total. The van der Waals surface area contributed by atoms with Crippen LogP contribution in [0.4, 0.5) is 9.59 Å². The molecule has 6 atom stereocenters. The third-order valence-electron chi connectivity index (χ3n) is 11.2. The third kappa shape index (κ3) is 8.56. The van der Waals surface area contributed by atoms with E-state index in [0.29, 0.717) is 19.5 Å². The Morgan fingerprint density at radius 3 is 2.15 bits per heavy atom. The van der Waals surface area contributed by atoms with Gasteiger partial charge in [0, 0.05) is 13.1 Å². The van der Waals surface area contributed by atoms with Crippen LogP contribution in [0.1, 0.15) is 99.3 Å². The molecule has 13 heteroatoms. The highest BCUT2D eigenvalue weighted by molar-refractivity contribution is 6.37. The number of likely N-dealkylation sites (tertiary alicyclic amines) is 1. The molecule has 0 aromatic rings. The lowest BCUT2D eigenvalue weighted by atomic mass is 9.80. The van der Waals surface area contributed by atoms with Crippen molar-refractivity contribution in [3.63, 3.8) is 0 Å². The number of hydrogen-bond donors (Lipinski definition) is 5. The molecular formula is C34H56N6O7. The number of primary amides is 1. The van der Waals surface area contributed by atoms with Gasteiger partial charge in [-0.15, -0.1) is 0 Å². The van der Waals surface area contributed by atoms with Crippen LogP contribution in [0.15, 0.2) is 0 Å². The highest BCUT2D eigenvalue weighted by Crippen LogP contribution is 2.65. The minimum Gasteiger partial charge on any atom is -0.447 e. The Labute approximate surface area is 278 Å². The van der Waals surface area contributed by atoms with Crippen LogP contribution in [0, 0.1) is 34.5 Å². The van der Waals surface area contributed by atoms with E-state index in [4.69, 9.17) is 10.5 Å². The maximum absolute atomic E-state index is 14.5. The molecule has 3 saturated carbocycles. The van der Waals surface area contributed by atoms with Gasteiger partial charge in [0.1, 0.15) is 18.7 Å². The van der Waals surface area contributed by atoms with E-state index in [1.165, 1.54) is 0 Å². The highest BCUT2D eigenvalue weighted by atomic mass is 16.5. The molecule has 0 aromatic heterocycles. The van der Waals surface area contributed by atoms with Crippen molar-refractivity contribution in [2.45, 2.75) is 123 Å². The second-order valence-electron chi connectivity index (χ2n) is 15.8. The Morgan fingerprint density at radius 1 is 0.936 bits per heavy atom. The first kappa shape index (κ1) is 36.5. The maximum Gasteiger partial charge on any atom is 0.407 e. The predicted octanol–water partition coefficient (Wildman–Crippen LogP) is 2.61. The van der Waals surface area contributed by atoms with E-state index in [2.05, 4.69) is 35.1 Å². The Balaban J connectivity index is 1.53. The molecule has 1 saturated heterocycles. The molecule has 4 rings (SSSR count). The predicted molar refractivity (Wildman–Crippen MR) is 175 cm³/mol. The molecule has 0 radical (unpaired) electrons. The van der Waals surface area contributed by atoms with Gasteiger partial charge >= 0.3 is 12.1 Å². The number of ketones is 1. The zero-order chi connectivity index (χ0) is 34.7. The van der Waals surface area contributed by atoms with E-state index in [1.807, 2.05) is 20.8 Å². The number of carbonyl (C=O) groups excluding carboxylic acids is 6. The monoisotopic (exact) mass is 660 g/mol. The van der Waals surface area contributed by atoms with Crippen LogP contribution in [0.5, 0.6) is 0 Å². The van der Waals surface area contributed by atoms with Gasteiger partial charge in [0.25, 0.3) is 5.91 Å². The molecule has 6 amide bonds. The smallest absolute Gasteiger partial charge is 0.407 e. The molecule has 3 aliphatic carbocycles. The van der Waals surface area contributed by atoms with E-state index >= 15 is 0 Å². The van der Waals surface area contributed by atoms with Gasteiger partial charge in [-0.05, 0) is 60.7 Å². The molecule has 13 nitrogen and oxygen atoms in total. The number of piperidine rings is 1. The van der Waals surface area contributed by atoms with Gasteiger partial charge in [0.2, 0.25) is 17.6 Å². The fourth-order valence-corrected chi connectivity index (χ4v) is 7.77. The number of amides is 6. The fraction of sp³-hybridized carbons (Fsp3) is 0.824. The van der Waals surface area contributed by atoms with Gasteiger partial charge in [0.05, 0.1) is 12.1 Å². The minimum atomic E-state index is -1.09. The summed E-state index contributed by atoms with van der Waals surface area (Å²) in [7, 11) is 0. The van der Waals surface area contributed by atoms with Gasteiger partial charge in [-0.25, -0.2) is 9.59 Å². The molecule has 0 bridgehead atoms. The van der Waals surface area contributed by atoms with Crippen molar-refractivity contribution in [1.82, 2.24) is 26.2 Å². The zero-order valence-electron chi connectivity index (χ0n) is 29.0. The average Bonchev–Trinajstić information content (AvgIpc) is 3.29. The van der Waals surface area contributed by atoms with Crippen molar-refractivity contribution in [3.8, 4) is 0 Å².